The molecule has 0 heterocycles. The summed E-state index contributed by atoms with van der Waals surface area (Å²) in [6, 6.07) is 0. The van der Waals surface area contributed by atoms with Crippen LogP contribution in [0.1, 0.15) is 41.5 Å². The highest BCUT2D eigenvalue weighted by atomic mass is 16.5. The van der Waals surface area contributed by atoms with Crippen LogP contribution in [0.2, 0.25) is 0 Å². The smallest absolute Gasteiger partial charge is 0.0649 e. The summed E-state index contributed by atoms with van der Waals surface area (Å²) < 4.78 is 5.75. The molecule has 0 aromatic carbocycles. The molecule has 0 aliphatic heterocycles. The molecule has 0 spiro atoms. The van der Waals surface area contributed by atoms with E-state index in [2.05, 4.69) is 41.5 Å². The second-order valence-electron chi connectivity index (χ2n) is 4.46. The molecule has 0 fully saturated rings. The van der Waals surface area contributed by atoms with E-state index in [-0.39, 0.29) is 5.60 Å². The van der Waals surface area contributed by atoms with Crippen molar-refractivity contribution >= 4 is 0 Å². The van der Waals surface area contributed by atoms with Crippen molar-refractivity contribution in [2.45, 2.75) is 47.1 Å². The van der Waals surface area contributed by atoms with Gasteiger partial charge in [0, 0.05) is 6.61 Å². The summed E-state index contributed by atoms with van der Waals surface area (Å²) in [6.07, 6.45) is 0. The molecule has 0 aromatic heterocycles. The maximum absolute atomic E-state index is 5.75. The number of ether oxygens (including phenoxy) is 1. The van der Waals surface area contributed by atoms with Crippen molar-refractivity contribution in [3.8, 4) is 0 Å². The van der Waals surface area contributed by atoms with E-state index >= 15 is 0 Å². The molecule has 68 valence electrons. The predicted molar refractivity (Wildman–Crippen MR) is 49.7 cm³/mol. The molecule has 0 aliphatic rings. The Balaban J connectivity index is 3.73. The third-order valence-corrected chi connectivity index (χ3v) is 2.18. The third-order valence-electron chi connectivity index (χ3n) is 2.18. The Kier molecular flexibility index (Phi) is 4.09. The highest BCUT2D eigenvalue weighted by Gasteiger charge is 2.22. The fourth-order valence-electron chi connectivity index (χ4n) is 0.548. The second kappa shape index (κ2) is 4.10. The molecule has 0 unspecified atom stereocenters. The standard InChI is InChI=1S/C10H22O/c1-8(2)7-11-10(5,6)9(3)4/h8-9H,7H2,1-6H3. The van der Waals surface area contributed by atoms with Crippen molar-refractivity contribution in [3.05, 3.63) is 0 Å². The lowest BCUT2D eigenvalue weighted by Gasteiger charge is -2.30. The average Bonchev–Trinajstić information content (AvgIpc) is 1.84. The Morgan fingerprint density at radius 3 is 1.82 bits per heavy atom. The molecule has 0 atom stereocenters. The predicted octanol–water partition coefficient (Wildman–Crippen LogP) is 3.09. The Morgan fingerprint density at radius 2 is 1.55 bits per heavy atom. The minimum Gasteiger partial charge on any atom is -0.375 e. The van der Waals surface area contributed by atoms with Gasteiger partial charge in [-0.1, -0.05) is 27.7 Å². The molecule has 0 N–H and O–H groups in total. The molecule has 11 heavy (non-hydrogen) atoms. The van der Waals surface area contributed by atoms with Gasteiger partial charge < -0.3 is 4.74 Å². The van der Waals surface area contributed by atoms with Crippen LogP contribution >= 0.6 is 0 Å². The summed E-state index contributed by atoms with van der Waals surface area (Å²) >= 11 is 0. The van der Waals surface area contributed by atoms with Crippen LogP contribution in [0.15, 0.2) is 0 Å². The van der Waals surface area contributed by atoms with Crippen LogP contribution in [0.3, 0.4) is 0 Å². The van der Waals surface area contributed by atoms with E-state index < -0.39 is 0 Å². The van der Waals surface area contributed by atoms with Gasteiger partial charge in [-0.15, -0.1) is 0 Å². The molecule has 0 saturated heterocycles. The zero-order valence-corrected chi connectivity index (χ0v) is 8.77. The van der Waals surface area contributed by atoms with Gasteiger partial charge in [0.15, 0.2) is 0 Å². The lowest BCUT2D eigenvalue weighted by Crippen LogP contribution is -2.32. The van der Waals surface area contributed by atoms with E-state index in [1.807, 2.05) is 0 Å². The normalized spacial score (nSPS) is 13.1. The first kappa shape index (κ1) is 11.0. The van der Waals surface area contributed by atoms with Crippen LogP contribution in [0.5, 0.6) is 0 Å². The molecule has 0 aromatic rings. The SMILES string of the molecule is CC(C)COC(C)(C)C(C)C. The van der Waals surface area contributed by atoms with Crippen LogP contribution < -0.4 is 0 Å². The van der Waals surface area contributed by atoms with E-state index in [9.17, 15) is 0 Å². The highest BCUT2D eigenvalue weighted by Crippen LogP contribution is 2.20. The quantitative estimate of drug-likeness (QED) is 0.611. The van der Waals surface area contributed by atoms with Crippen molar-refractivity contribution < 1.29 is 4.74 Å². The molecule has 1 heteroatoms. The first-order valence-corrected chi connectivity index (χ1v) is 4.50. The minimum absolute atomic E-state index is 0.0320. The van der Waals surface area contributed by atoms with E-state index in [0.29, 0.717) is 11.8 Å². The summed E-state index contributed by atoms with van der Waals surface area (Å²) in [5.74, 6) is 1.22. The van der Waals surface area contributed by atoms with E-state index in [1.165, 1.54) is 0 Å². The molecule has 0 amide bonds. The summed E-state index contributed by atoms with van der Waals surface area (Å²) in [4.78, 5) is 0. The van der Waals surface area contributed by atoms with Gasteiger partial charge in [-0.2, -0.15) is 0 Å². The monoisotopic (exact) mass is 158 g/mol. The Hall–Kier alpha value is -0.0400. The molecule has 0 rings (SSSR count). The molecular formula is C10H22O. The molecule has 0 bridgehead atoms. The Bertz CT molecular complexity index is 103. The number of hydrogen-bond acceptors (Lipinski definition) is 1. The van der Waals surface area contributed by atoms with Gasteiger partial charge in [-0.25, -0.2) is 0 Å². The number of rotatable bonds is 4. The number of hydrogen-bond donors (Lipinski definition) is 0. The van der Waals surface area contributed by atoms with E-state index in [1.54, 1.807) is 0 Å². The molecular weight excluding hydrogens is 136 g/mol. The molecule has 1 nitrogen and oxygen atoms in total. The fraction of sp³-hybridized carbons (Fsp3) is 1.00. The Morgan fingerprint density at radius 1 is 1.09 bits per heavy atom. The van der Waals surface area contributed by atoms with Crippen LogP contribution in [0, 0.1) is 11.8 Å². The third kappa shape index (κ3) is 4.41. The van der Waals surface area contributed by atoms with Crippen molar-refractivity contribution in [2.24, 2.45) is 11.8 Å². The minimum atomic E-state index is 0.0320. The highest BCUT2D eigenvalue weighted by molar-refractivity contribution is 4.72. The lowest BCUT2D eigenvalue weighted by atomic mass is 9.94. The Labute approximate surface area is 71.1 Å². The van der Waals surface area contributed by atoms with Gasteiger partial charge in [-0.3, -0.25) is 0 Å². The largest absolute Gasteiger partial charge is 0.375 e. The lowest BCUT2D eigenvalue weighted by molar-refractivity contribution is -0.0610. The van der Waals surface area contributed by atoms with Gasteiger partial charge >= 0.3 is 0 Å². The topological polar surface area (TPSA) is 9.23 Å². The second-order valence-corrected chi connectivity index (χ2v) is 4.46. The van der Waals surface area contributed by atoms with Crippen molar-refractivity contribution in [1.29, 1.82) is 0 Å². The van der Waals surface area contributed by atoms with Crippen molar-refractivity contribution in [3.63, 3.8) is 0 Å². The zero-order valence-electron chi connectivity index (χ0n) is 8.77. The fourth-order valence-corrected chi connectivity index (χ4v) is 0.548. The molecule has 0 saturated carbocycles. The molecule has 0 aliphatic carbocycles. The summed E-state index contributed by atoms with van der Waals surface area (Å²) in [6.45, 7) is 13.9. The van der Waals surface area contributed by atoms with Crippen molar-refractivity contribution in [2.75, 3.05) is 6.61 Å². The van der Waals surface area contributed by atoms with Gasteiger partial charge in [0.25, 0.3) is 0 Å². The first-order chi connectivity index (χ1) is 4.86. The summed E-state index contributed by atoms with van der Waals surface area (Å²) in [5, 5.41) is 0. The van der Waals surface area contributed by atoms with E-state index in [0.717, 1.165) is 6.61 Å². The van der Waals surface area contributed by atoms with Crippen LogP contribution in [-0.2, 0) is 4.74 Å². The molecule has 0 radical (unpaired) electrons. The van der Waals surface area contributed by atoms with Crippen molar-refractivity contribution in [1.82, 2.24) is 0 Å². The van der Waals surface area contributed by atoms with Gasteiger partial charge in [0.1, 0.15) is 0 Å². The average molecular weight is 158 g/mol. The zero-order chi connectivity index (χ0) is 9.07. The van der Waals surface area contributed by atoms with E-state index in [4.69, 9.17) is 4.74 Å². The summed E-state index contributed by atoms with van der Waals surface area (Å²) in [7, 11) is 0. The first-order valence-electron chi connectivity index (χ1n) is 4.50. The van der Waals surface area contributed by atoms with Crippen LogP contribution in [0.4, 0.5) is 0 Å². The van der Waals surface area contributed by atoms with Crippen LogP contribution in [0.25, 0.3) is 0 Å². The summed E-state index contributed by atoms with van der Waals surface area (Å²) in [5.41, 5.74) is 0.0320. The van der Waals surface area contributed by atoms with Gasteiger partial charge in [0.2, 0.25) is 0 Å². The van der Waals surface area contributed by atoms with Crippen LogP contribution in [-0.4, -0.2) is 12.2 Å². The maximum Gasteiger partial charge on any atom is 0.0649 e. The maximum atomic E-state index is 5.75. The van der Waals surface area contributed by atoms with Gasteiger partial charge in [0.05, 0.1) is 5.60 Å². The van der Waals surface area contributed by atoms with Gasteiger partial charge in [-0.05, 0) is 25.7 Å².